The minimum Gasteiger partial charge on any atom is -0.497 e. The lowest BCUT2D eigenvalue weighted by molar-refractivity contribution is 0.402. The van der Waals surface area contributed by atoms with Crippen molar-refractivity contribution < 1.29 is 17.9 Å². The van der Waals surface area contributed by atoms with Crippen LogP contribution < -0.4 is 14.2 Å². The van der Waals surface area contributed by atoms with E-state index in [4.69, 9.17) is 9.47 Å². The summed E-state index contributed by atoms with van der Waals surface area (Å²) in [6.07, 6.45) is 1.41. The fourth-order valence-electron chi connectivity index (χ4n) is 2.65. The van der Waals surface area contributed by atoms with Gasteiger partial charge >= 0.3 is 0 Å². The average molecular weight is 399 g/mol. The number of hydrogen-bond acceptors (Lipinski definition) is 6. The van der Waals surface area contributed by atoms with Gasteiger partial charge in [0.1, 0.15) is 22.7 Å². The first-order valence-electron chi connectivity index (χ1n) is 8.52. The van der Waals surface area contributed by atoms with Crippen LogP contribution in [-0.2, 0) is 16.6 Å². The van der Waals surface area contributed by atoms with E-state index >= 15 is 0 Å². The zero-order valence-electron chi connectivity index (χ0n) is 15.8. The molecule has 0 bridgehead atoms. The Bertz CT molecular complexity index is 1070. The number of ether oxygens (including phenoxy) is 2. The quantitative estimate of drug-likeness (QED) is 0.657. The first-order chi connectivity index (χ1) is 13.4. The van der Waals surface area contributed by atoms with Gasteiger partial charge in [0.2, 0.25) is 10.0 Å². The van der Waals surface area contributed by atoms with Gasteiger partial charge in [0.15, 0.2) is 0 Å². The molecule has 146 valence electrons. The Labute approximate surface area is 164 Å². The minimum atomic E-state index is -3.76. The van der Waals surface area contributed by atoms with Crippen molar-refractivity contribution in [3.63, 3.8) is 0 Å². The van der Waals surface area contributed by atoms with Crippen LogP contribution in [0.3, 0.4) is 0 Å². The Hall–Kier alpha value is -2.97. The van der Waals surface area contributed by atoms with Crippen molar-refractivity contribution in [3.8, 4) is 22.8 Å². The van der Waals surface area contributed by atoms with Crippen LogP contribution in [0.2, 0.25) is 0 Å². The summed E-state index contributed by atoms with van der Waals surface area (Å²) in [6.45, 7) is 1.86. The van der Waals surface area contributed by atoms with Crippen molar-refractivity contribution in [1.29, 1.82) is 0 Å². The molecule has 0 aliphatic heterocycles. The minimum absolute atomic E-state index is 0.0328. The lowest BCUT2D eigenvalue weighted by Crippen LogP contribution is -2.24. The van der Waals surface area contributed by atoms with Gasteiger partial charge in [-0.05, 0) is 55.0 Å². The molecule has 0 spiro atoms. The second-order valence-electron chi connectivity index (χ2n) is 6.10. The fourth-order valence-corrected chi connectivity index (χ4v) is 3.91. The number of rotatable bonds is 7. The zero-order valence-corrected chi connectivity index (χ0v) is 16.7. The van der Waals surface area contributed by atoms with Gasteiger partial charge in [-0.2, -0.15) is 0 Å². The molecule has 8 heteroatoms. The van der Waals surface area contributed by atoms with Gasteiger partial charge in [-0.1, -0.05) is 6.07 Å². The van der Waals surface area contributed by atoms with Crippen molar-refractivity contribution in [2.75, 3.05) is 14.2 Å². The number of methoxy groups -OCH3 is 2. The van der Waals surface area contributed by atoms with E-state index in [1.807, 2.05) is 31.2 Å². The van der Waals surface area contributed by atoms with Crippen molar-refractivity contribution in [1.82, 2.24) is 14.7 Å². The number of hydrogen-bond donors (Lipinski definition) is 1. The summed E-state index contributed by atoms with van der Waals surface area (Å²) in [6, 6.07) is 14.2. The van der Waals surface area contributed by atoms with Crippen LogP contribution in [0.4, 0.5) is 0 Å². The fraction of sp³-hybridized carbons (Fsp3) is 0.200. The molecule has 0 radical (unpaired) electrons. The van der Waals surface area contributed by atoms with E-state index in [0.29, 0.717) is 17.1 Å². The van der Waals surface area contributed by atoms with Crippen LogP contribution in [0.1, 0.15) is 11.3 Å². The van der Waals surface area contributed by atoms with Crippen molar-refractivity contribution >= 4 is 10.0 Å². The normalized spacial score (nSPS) is 11.2. The molecule has 0 fully saturated rings. The predicted octanol–water partition coefficient (Wildman–Crippen LogP) is 2.95. The largest absolute Gasteiger partial charge is 0.497 e. The first kappa shape index (κ1) is 19.8. The van der Waals surface area contributed by atoms with Gasteiger partial charge < -0.3 is 9.47 Å². The van der Waals surface area contributed by atoms with E-state index in [1.54, 1.807) is 31.4 Å². The molecule has 1 aromatic heterocycles. The van der Waals surface area contributed by atoms with Crippen molar-refractivity contribution in [2.45, 2.75) is 18.4 Å². The Kier molecular flexibility index (Phi) is 5.91. The molecule has 0 atom stereocenters. The molecule has 0 saturated carbocycles. The average Bonchev–Trinajstić information content (AvgIpc) is 2.72. The Balaban J connectivity index is 1.80. The van der Waals surface area contributed by atoms with E-state index in [1.165, 1.54) is 13.4 Å². The van der Waals surface area contributed by atoms with Crippen LogP contribution in [0, 0.1) is 6.92 Å². The lowest BCUT2D eigenvalue weighted by atomic mass is 10.1. The second kappa shape index (κ2) is 8.37. The highest BCUT2D eigenvalue weighted by Crippen LogP contribution is 2.25. The maximum Gasteiger partial charge on any atom is 0.244 e. The molecule has 0 unspecified atom stereocenters. The van der Waals surface area contributed by atoms with Crippen LogP contribution in [0.25, 0.3) is 11.3 Å². The van der Waals surface area contributed by atoms with E-state index < -0.39 is 10.0 Å². The summed E-state index contributed by atoms with van der Waals surface area (Å²) in [7, 11) is -0.718. The molecular formula is C20H21N3O4S. The third-order valence-corrected chi connectivity index (χ3v) is 5.58. The molecular weight excluding hydrogens is 378 g/mol. The Morgan fingerprint density at radius 2 is 1.71 bits per heavy atom. The maximum atomic E-state index is 12.7. The molecule has 0 saturated heterocycles. The number of nitrogens with zero attached hydrogens (tertiary/aromatic N) is 2. The Morgan fingerprint density at radius 1 is 0.964 bits per heavy atom. The highest BCUT2D eigenvalue weighted by Gasteiger charge is 2.19. The third-order valence-electron chi connectivity index (χ3n) is 4.16. The Morgan fingerprint density at radius 3 is 2.39 bits per heavy atom. The summed E-state index contributed by atoms with van der Waals surface area (Å²) in [5.41, 5.74) is 2.95. The molecule has 1 heterocycles. The standard InChI is InChI=1S/C20H21N3O4S/c1-14-4-9-19(27-3)20(10-14)28(24,25)23-12-16-11-18(22-13-21-16)15-5-7-17(26-2)8-6-15/h4-11,13,23H,12H2,1-3H3. The molecule has 2 aromatic carbocycles. The van der Waals surface area contributed by atoms with Crippen molar-refractivity contribution in [3.05, 3.63) is 66.1 Å². The van der Waals surface area contributed by atoms with Gasteiger partial charge in [-0.3, -0.25) is 0 Å². The summed E-state index contributed by atoms with van der Waals surface area (Å²) < 4.78 is 38.3. The van der Waals surface area contributed by atoms with E-state index in [9.17, 15) is 8.42 Å². The molecule has 3 rings (SSSR count). The SMILES string of the molecule is COc1ccc(-c2cc(CNS(=O)(=O)c3cc(C)ccc3OC)ncn2)cc1. The smallest absolute Gasteiger partial charge is 0.244 e. The molecule has 0 amide bonds. The zero-order chi connectivity index (χ0) is 20.1. The number of aryl methyl sites for hydroxylation is 1. The highest BCUT2D eigenvalue weighted by molar-refractivity contribution is 7.89. The number of nitrogens with one attached hydrogen (secondary N) is 1. The van der Waals surface area contributed by atoms with E-state index in [2.05, 4.69) is 14.7 Å². The lowest BCUT2D eigenvalue weighted by Gasteiger charge is -2.11. The maximum absolute atomic E-state index is 12.7. The van der Waals surface area contributed by atoms with Gasteiger partial charge in [-0.15, -0.1) is 0 Å². The third kappa shape index (κ3) is 4.47. The summed E-state index contributed by atoms with van der Waals surface area (Å²) in [4.78, 5) is 8.52. The van der Waals surface area contributed by atoms with E-state index in [-0.39, 0.29) is 11.4 Å². The van der Waals surface area contributed by atoms with Crippen molar-refractivity contribution in [2.24, 2.45) is 0 Å². The molecule has 0 aliphatic carbocycles. The number of benzene rings is 2. The van der Waals surface area contributed by atoms with Gasteiger partial charge in [0, 0.05) is 5.56 Å². The van der Waals surface area contributed by atoms with E-state index in [0.717, 1.165) is 16.9 Å². The molecule has 7 nitrogen and oxygen atoms in total. The highest BCUT2D eigenvalue weighted by atomic mass is 32.2. The van der Waals surface area contributed by atoms with Crippen LogP contribution in [0.5, 0.6) is 11.5 Å². The molecule has 3 aromatic rings. The number of aromatic nitrogens is 2. The molecule has 0 aliphatic rings. The summed E-state index contributed by atoms with van der Waals surface area (Å²) >= 11 is 0. The summed E-state index contributed by atoms with van der Waals surface area (Å²) in [5.74, 6) is 1.04. The van der Waals surface area contributed by atoms with Crippen LogP contribution in [-0.4, -0.2) is 32.6 Å². The topological polar surface area (TPSA) is 90.4 Å². The predicted molar refractivity (Wildman–Crippen MR) is 106 cm³/mol. The second-order valence-corrected chi connectivity index (χ2v) is 7.84. The van der Waals surface area contributed by atoms with Crippen LogP contribution in [0.15, 0.2) is 59.8 Å². The molecule has 1 N–H and O–H groups in total. The van der Waals surface area contributed by atoms with Gasteiger partial charge in [0.25, 0.3) is 0 Å². The van der Waals surface area contributed by atoms with Crippen LogP contribution >= 0.6 is 0 Å². The monoisotopic (exact) mass is 399 g/mol. The first-order valence-corrected chi connectivity index (χ1v) is 10.0. The van der Waals surface area contributed by atoms with Gasteiger partial charge in [-0.25, -0.2) is 23.1 Å². The van der Waals surface area contributed by atoms with Gasteiger partial charge in [0.05, 0.1) is 32.2 Å². The molecule has 28 heavy (non-hydrogen) atoms. The summed E-state index contributed by atoms with van der Waals surface area (Å²) in [5, 5.41) is 0. The number of sulfonamides is 1.